The first-order chi connectivity index (χ1) is 10.1. The summed E-state index contributed by atoms with van der Waals surface area (Å²) in [4.78, 5) is 2.43. The second-order valence-electron chi connectivity index (χ2n) is 5.87. The molecule has 1 saturated heterocycles. The van der Waals surface area contributed by atoms with E-state index in [9.17, 15) is 4.39 Å². The second-order valence-corrected chi connectivity index (χ2v) is 5.87. The third-order valence-electron chi connectivity index (χ3n) is 3.81. The molecule has 0 radical (unpaired) electrons. The lowest BCUT2D eigenvalue weighted by Crippen LogP contribution is -2.53. The van der Waals surface area contributed by atoms with Gasteiger partial charge in [-0.15, -0.1) is 12.4 Å². The molecule has 1 aromatic heterocycles. The molecular weight excluding hydrogens is 303 g/mol. The van der Waals surface area contributed by atoms with Crippen LogP contribution in [0.25, 0.3) is 5.69 Å². The number of aromatic nitrogens is 2. The van der Waals surface area contributed by atoms with Gasteiger partial charge in [-0.05, 0) is 44.2 Å². The van der Waals surface area contributed by atoms with Crippen molar-refractivity contribution in [3.63, 3.8) is 0 Å². The average Bonchev–Trinajstić information content (AvgIpc) is 2.86. The molecule has 2 heterocycles. The van der Waals surface area contributed by atoms with Gasteiger partial charge in [0.1, 0.15) is 5.82 Å². The van der Waals surface area contributed by atoms with Crippen molar-refractivity contribution < 1.29 is 4.39 Å². The summed E-state index contributed by atoms with van der Waals surface area (Å²) in [5, 5.41) is 7.91. The number of nitrogens with one attached hydrogen (secondary N) is 1. The van der Waals surface area contributed by atoms with E-state index in [1.54, 1.807) is 18.3 Å². The Labute approximate surface area is 136 Å². The fourth-order valence-electron chi connectivity index (χ4n) is 3.06. The lowest BCUT2D eigenvalue weighted by Gasteiger charge is -2.36. The summed E-state index contributed by atoms with van der Waals surface area (Å²) < 4.78 is 14.9. The Bertz CT molecular complexity index is 588. The highest BCUT2D eigenvalue weighted by atomic mass is 35.5. The lowest BCUT2D eigenvalue weighted by atomic mass is 10.1. The average molecular weight is 325 g/mol. The molecule has 0 bridgehead atoms. The number of benzene rings is 1. The van der Waals surface area contributed by atoms with E-state index in [0.29, 0.717) is 12.1 Å². The highest BCUT2D eigenvalue weighted by Crippen LogP contribution is 2.15. The Kier molecular flexibility index (Phi) is 5.56. The van der Waals surface area contributed by atoms with Crippen LogP contribution in [0.5, 0.6) is 0 Å². The Morgan fingerprint density at radius 1 is 1.14 bits per heavy atom. The molecule has 1 aliphatic rings. The largest absolute Gasteiger partial charge is 0.309 e. The molecule has 2 aromatic rings. The maximum absolute atomic E-state index is 13.0. The van der Waals surface area contributed by atoms with Crippen LogP contribution in [-0.4, -0.2) is 39.9 Å². The van der Waals surface area contributed by atoms with Crippen LogP contribution in [0.4, 0.5) is 4.39 Å². The molecule has 0 aliphatic carbocycles. The van der Waals surface area contributed by atoms with Crippen LogP contribution < -0.4 is 5.32 Å². The molecule has 0 amide bonds. The summed E-state index contributed by atoms with van der Waals surface area (Å²) >= 11 is 0. The highest BCUT2D eigenvalue weighted by molar-refractivity contribution is 5.85. The molecule has 1 fully saturated rings. The van der Waals surface area contributed by atoms with E-state index in [-0.39, 0.29) is 18.2 Å². The van der Waals surface area contributed by atoms with Crippen molar-refractivity contribution in [1.82, 2.24) is 20.0 Å². The first-order valence-electron chi connectivity index (χ1n) is 7.39. The lowest BCUT2D eigenvalue weighted by molar-refractivity contribution is 0.164. The van der Waals surface area contributed by atoms with Gasteiger partial charge in [-0.25, -0.2) is 9.07 Å². The van der Waals surface area contributed by atoms with Crippen LogP contribution in [0, 0.1) is 5.82 Å². The van der Waals surface area contributed by atoms with E-state index in [2.05, 4.69) is 29.2 Å². The van der Waals surface area contributed by atoms with E-state index in [1.165, 1.54) is 12.1 Å². The Hall–Kier alpha value is -1.43. The summed E-state index contributed by atoms with van der Waals surface area (Å²) in [6.07, 6.45) is 1.80. The third kappa shape index (κ3) is 3.85. The maximum Gasteiger partial charge on any atom is 0.123 e. The van der Waals surface area contributed by atoms with E-state index in [1.807, 2.05) is 10.7 Å². The predicted molar refractivity (Wildman–Crippen MR) is 88.1 cm³/mol. The summed E-state index contributed by atoms with van der Waals surface area (Å²) in [7, 11) is 0. The van der Waals surface area contributed by atoms with E-state index >= 15 is 0 Å². The zero-order chi connectivity index (χ0) is 14.8. The number of nitrogens with zero attached hydrogens (tertiary/aromatic N) is 3. The molecule has 6 heteroatoms. The molecule has 2 unspecified atom stereocenters. The molecule has 3 rings (SSSR count). The molecule has 0 spiro atoms. The van der Waals surface area contributed by atoms with E-state index in [4.69, 9.17) is 0 Å². The van der Waals surface area contributed by atoms with Crippen LogP contribution >= 0.6 is 12.4 Å². The standard InChI is InChI=1S/C16H21FN4.ClH/c1-12-9-20(10-13(2)19-12)11-16-7-8-18-21(16)15-5-3-14(17)4-6-15;/h3-8,12-13,19H,9-11H2,1-2H3;1H. The number of hydrogen-bond donors (Lipinski definition) is 1. The van der Waals surface area contributed by atoms with Gasteiger partial charge in [-0.3, -0.25) is 4.90 Å². The normalized spacial score (nSPS) is 22.3. The minimum absolute atomic E-state index is 0. The maximum atomic E-state index is 13.0. The van der Waals surface area contributed by atoms with Gasteiger partial charge in [0.2, 0.25) is 0 Å². The van der Waals surface area contributed by atoms with Crippen molar-refractivity contribution >= 4 is 12.4 Å². The second kappa shape index (κ2) is 7.22. The van der Waals surface area contributed by atoms with Crippen molar-refractivity contribution in [3.05, 3.63) is 48.0 Å². The van der Waals surface area contributed by atoms with Gasteiger partial charge < -0.3 is 5.32 Å². The quantitative estimate of drug-likeness (QED) is 0.942. The summed E-state index contributed by atoms with van der Waals surface area (Å²) in [5.74, 6) is -0.225. The molecule has 4 nitrogen and oxygen atoms in total. The zero-order valence-electron chi connectivity index (χ0n) is 12.9. The zero-order valence-corrected chi connectivity index (χ0v) is 13.7. The van der Waals surface area contributed by atoms with Gasteiger partial charge in [-0.1, -0.05) is 0 Å². The number of halogens is 2. The third-order valence-corrected chi connectivity index (χ3v) is 3.81. The molecule has 2 atom stereocenters. The molecule has 22 heavy (non-hydrogen) atoms. The summed E-state index contributed by atoms with van der Waals surface area (Å²) in [6, 6.07) is 9.47. The topological polar surface area (TPSA) is 33.1 Å². The fraction of sp³-hybridized carbons (Fsp3) is 0.438. The first-order valence-corrected chi connectivity index (χ1v) is 7.39. The fourth-order valence-corrected chi connectivity index (χ4v) is 3.06. The van der Waals surface area contributed by atoms with Crippen molar-refractivity contribution in [2.75, 3.05) is 13.1 Å². The minimum Gasteiger partial charge on any atom is -0.309 e. The van der Waals surface area contributed by atoms with E-state index in [0.717, 1.165) is 31.0 Å². The van der Waals surface area contributed by atoms with Crippen LogP contribution in [0.1, 0.15) is 19.5 Å². The SMILES string of the molecule is CC1CN(Cc2ccnn2-c2ccc(F)cc2)CC(C)N1.Cl. The van der Waals surface area contributed by atoms with Crippen molar-refractivity contribution in [2.45, 2.75) is 32.5 Å². The van der Waals surface area contributed by atoms with Gasteiger partial charge in [0.25, 0.3) is 0 Å². The minimum atomic E-state index is -0.225. The summed E-state index contributed by atoms with van der Waals surface area (Å²) in [6.45, 7) is 7.32. The van der Waals surface area contributed by atoms with Crippen LogP contribution in [0.2, 0.25) is 0 Å². The van der Waals surface area contributed by atoms with Gasteiger partial charge in [-0.2, -0.15) is 5.10 Å². The van der Waals surface area contributed by atoms with Crippen LogP contribution in [0.3, 0.4) is 0 Å². The molecule has 0 saturated carbocycles. The number of hydrogen-bond acceptors (Lipinski definition) is 3. The van der Waals surface area contributed by atoms with Gasteiger partial charge in [0.15, 0.2) is 0 Å². The Morgan fingerprint density at radius 2 is 1.77 bits per heavy atom. The number of rotatable bonds is 3. The van der Waals surface area contributed by atoms with Crippen LogP contribution in [-0.2, 0) is 6.54 Å². The molecule has 1 N–H and O–H groups in total. The van der Waals surface area contributed by atoms with Crippen molar-refractivity contribution in [2.24, 2.45) is 0 Å². The summed E-state index contributed by atoms with van der Waals surface area (Å²) in [5.41, 5.74) is 2.02. The monoisotopic (exact) mass is 324 g/mol. The van der Waals surface area contributed by atoms with Gasteiger partial charge in [0, 0.05) is 37.9 Å². The van der Waals surface area contributed by atoms with Gasteiger partial charge >= 0.3 is 0 Å². The van der Waals surface area contributed by atoms with E-state index < -0.39 is 0 Å². The van der Waals surface area contributed by atoms with Gasteiger partial charge in [0.05, 0.1) is 11.4 Å². The molecule has 1 aliphatic heterocycles. The van der Waals surface area contributed by atoms with Crippen molar-refractivity contribution in [3.8, 4) is 5.69 Å². The Morgan fingerprint density at radius 3 is 2.41 bits per heavy atom. The molecule has 1 aromatic carbocycles. The van der Waals surface area contributed by atoms with Crippen molar-refractivity contribution in [1.29, 1.82) is 0 Å². The first kappa shape index (κ1) is 16.9. The molecule has 120 valence electrons. The molecular formula is C16H22ClFN4. The highest BCUT2D eigenvalue weighted by Gasteiger charge is 2.21. The van der Waals surface area contributed by atoms with Crippen LogP contribution in [0.15, 0.2) is 36.5 Å². The predicted octanol–water partition coefficient (Wildman–Crippen LogP) is 2.62. The Balaban J connectivity index is 0.00000176. The smallest absolute Gasteiger partial charge is 0.123 e. The number of piperazine rings is 1.